The first-order chi connectivity index (χ1) is 15.0. The van der Waals surface area contributed by atoms with Crippen LogP contribution in [0.25, 0.3) is 10.2 Å². The Morgan fingerprint density at radius 3 is 2.65 bits per heavy atom. The van der Waals surface area contributed by atoms with Crippen LogP contribution in [0.3, 0.4) is 0 Å². The van der Waals surface area contributed by atoms with Gasteiger partial charge >= 0.3 is 0 Å². The minimum absolute atomic E-state index is 0.0746. The van der Waals surface area contributed by atoms with E-state index in [0.717, 1.165) is 11.3 Å². The van der Waals surface area contributed by atoms with E-state index in [1.807, 2.05) is 30.3 Å². The molecule has 4 aromatic rings. The summed E-state index contributed by atoms with van der Waals surface area (Å²) >= 11 is 3.10. The summed E-state index contributed by atoms with van der Waals surface area (Å²) in [6.45, 7) is 4.62. The Morgan fingerprint density at radius 1 is 1.13 bits per heavy atom. The van der Waals surface area contributed by atoms with Crippen LogP contribution in [0.2, 0.25) is 0 Å². The lowest BCUT2D eigenvalue weighted by Crippen LogP contribution is -2.32. The van der Waals surface area contributed by atoms with Gasteiger partial charge in [0.25, 0.3) is 0 Å². The van der Waals surface area contributed by atoms with E-state index in [0.29, 0.717) is 27.1 Å². The van der Waals surface area contributed by atoms with Crippen LogP contribution in [0, 0.1) is 5.82 Å². The maximum absolute atomic E-state index is 13.6. The molecule has 0 radical (unpaired) electrons. The van der Waals surface area contributed by atoms with Gasteiger partial charge in [-0.1, -0.05) is 43.4 Å². The van der Waals surface area contributed by atoms with Gasteiger partial charge in [0, 0.05) is 16.3 Å². The number of nitrogens with zero attached hydrogens (tertiary/aromatic N) is 3. The number of anilines is 1. The Bertz CT molecular complexity index is 1180. The van der Waals surface area contributed by atoms with Gasteiger partial charge in [0.1, 0.15) is 5.82 Å². The molecule has 1 amide bonds. The number of thioether (sulfide) groups is 1. The maximum atomic E-state index is 13.6. The van der Waals surface area contributed by atoms with E-state index in [4.69, 9.17) is 0 Å². The summed E-state index contributed by atoms with van der Waals surface area (Å²) in [5, 5.41) is 1.05. The minimum Gasteiger partial charge on any atom is -0.282 e. The van der Waals surface area contributed by atoms with Gasteiger partial charge in [-0.3, -0.25) is 14.7 Å². The highest BCUT2D eigenvalue weighted by Gasteiger charge is 2.21. The summed E-state index contributed by atoms with van der Waals surface area (Å²) in [5.74, 6) is -0.390. The Kier molecular flexibility index (Phi) is 6.63. The molecule has 0 unspecified atom stereocenters. The fourth-order valence-electron chi connectivity index (χ4n) is 3.15. The number of hydrogen-bond acceptors (Lipinski definition) is 5. The molecule has 2 aromatic carbocycles. The van der Waals surface area contributed by atoms with Crippen molar-refractivity contribution in [1.82, 2.24) is 9.97 Å². The molecule has 31 heavy (non-hydrogen) atoms. The molecule has 4 rings (SSSR count). The highest BCUT2D eigenvalue weighted by atomic mass is 32.2. The molecule has 0 aliphatic heterocycles. The second-order valence-corrected chi connectivity index (χ2v) is 10.1. The van der Waals surface area contributed by atoms with Crippen LogP contribution >= 0.6 is 23.1 Å². The van der Waals surface area contributed by atoms with Crippen molar-refractivity contribution in [2.24, 2.45) is 0 Å². The largest absolute Gasteiger partial charge is 0.282 e. The number of halogens is 1. The van der Waals surface area contributed by atoms with Gasteiger partial charge in [0.15, 0.2) is 5.13 Å². The van der Waals surface area contributed by atoms with Crippen molar-refractivity contribution in [2.45, 2.75) is 37.0 Å². The summed E-state index contributed by atoms with van der Waals surface area (Å²) in [6.07, 6.45) is 1.96. The smallest absolute Gasteiger partial charge is 0.233 e. The topological polar surface area (TPSA) is 46.1 Å². The normalized spacial score (nSPS) is 11.2. The lowest BCUT2D eigenvalue weighted by molar-refractivity contribution is -0.118. The van der Waals surface area contributed by atoms with Crippen molar-refractivity contribution in [1.29, 1.82) is 0 Å². The van der Waals surface area contributed by atoms with E-state index >= 15 is 0 Å². The van der Waals surface area contributed by atoms with Crippen molar-refractivity contribution in [3.05, 3.63) is 83.9 Å². The second kappa shape index (κ2) is 9.58. The van der Waals surface area contributed by atoms with Crippen LogP contribution in [0.1, 0.15) is 25.1 Å². The molecule has 7 heteroatoms. The van der Waals surface area contributed by atoms with Crippen molar-refractivity contribution in [3.8, 4) is 0 Å². The van der Waals surface area contributed by atoms with E-state index in [-0.39, 0.29) is 18.1 Å². The van der Waals surface area contributed by atoms with Crippen LogP contribution in [0.5, 0.6) is 0 Å². The molecule has 158 valence electrons. The second-order valence-electron chi connectivity index (χ2n) is 7.40. The third kappa shape index (κ3) is 5.48. The van der Waals surface area contributed by atoms with Gasteiger partial charge < -0.3 is 0 Å². The molecule has 0 bridgehead atoms. The third-order valence-electron chi connectivity index (χ3n) is 4.57. The number of fused-ring (bicyclic) bond motifs is 1. The quantitative estimate of drug-likeness (QED) is 0.318. The fourth-order valence-corrected chi connectivity index (χ4v) is 4.99. The number of carbonyl (C=O) groups excluding carboxylic acids is 1. The van der Waals surface area contributed by atoms with Crippen LogP contribution in [-0.4, -0.2) is 21.1 Å². The number of amides is 1. The van der Waals surface area contributed by atoms with Crippen molar-refractivity contribution in [2.75, 3.05) is 4.90 Å². The highest BCUT2D eigenvalue weighted by molar-refractivity contribution is 7.99. The molecule has 0 saturated heterocycles. The molecule has 0 aliphatic carbocycles. The number of carbonyl (C=O) groups is 1. The summed E-state index contributed by atoms with van der Waals surface area (Å²) < 4.78 is 14.4. The first-order valence-electron chi connectivity index (χ1n) is 10.00. The first kappa shape index (κ1) is 21.5. The Balaban J connectivity index is 1.60. The summed E-state index contributed by atoms with van der Waals surface area (Å²) in [5.41, 5.74) is 2.39. The molecule has 0 aliphatic rings. The predicted molar refractivity (Wildman–Crippen MR) is 126 cm³/mol. The number of pyridine rings is 1. The van der Waals surface area contributed by atoms with Crippen LogP contribution in [-0.2, 0) is 17.8 Å². The molecule has 0 N–H and O–H groups in total. The summed E-state index contributed by atoms with van der Waals surface area (Å²) in [7, 11) is 0. The zero-order chi connectivity index (χ0) is 21.8. The number of thiazole rings is 1. The van der Waals surface area contributed by atoms with E-state index < -0.39 is 0 Å². The predicted octanol–water partition coefficient (Wildman–Crippen LogP) is 6.11. The molecular weight excluding hydrogens is 429 g/mol. The molecule has 0 saturated carbocycles. The SMILES string of the molecule is CC(C)Sc1ccc(CC(=O)N(Cc2ccccn2)c2nc3ccc(F)cc3s2)cc1. The highest BCUT2D eigenvalue weighted by Crippen LogP contribution is 2.31. The van der Waals surface area contributed by atoms with Crippen LogP contribution < -0.4 is 4.90 Å². The molecule has 0 spiro atoms. The van der Waals surface area contributed by atoms with Gasteiger partial charge in [0.2, 0.25) is 5.91 Å². The maximum Gasteiger partial charge on any atom is 0.233 e. The van der Waals surface area contributed by atoms with Gasteiger partial charge in [0.05, 0.1) is 28.9 Å². The average molecular weight is 452 g/mol. The van der Waals surface area contributed by atoms with E-state index in [9.17, 15) is 9.18 Å². The van der Waals surface area contributed by atoms with Gasteiger partial charge in [-0.2, -0.15) is 0 Å². The number of hydrogen-bond donors (Lipinski definition) is 0. The Labute approximate surface area is 189 Å². The average Bonchev–Trinajstić information content (AvgIpc) is 3.16. The molecule has 0 atom stereocenters. The molecule has 2 heterocycles. The van der Waals surface area contributed by atoms with E-state index in [1.165, 1.54) is 28.4 Å². The summed E-state index contributed by atoms with van der Waals surface area (Å²) in [4.78, 5) is 25.1. The van der Waals surface area contributed by atoms with E-state index in [1.54, 1.807) is 28.9 Å². The number of aromatic nitrogens is 2. The third-order valence-corrected chi connectivity index (χ3v) is 6.62. The van der Waals surface area contributed by atoms with Crippen LogP contribution in [0.4, 0.5) is 9.52 Å². The standard InChI is InChI=1S/C24H22FN3OS2/c1-16(2)30-20-9-6-17(7-10-20)13-23(29)28(15-19-5-3-4-12-26-19)24-27-21-11-8-18(25)14-22(21)31-24/h3-12,14,16H,13,15H2,1-2H3. The zero-order valence-corrected chi connectivity index (χ0v) is 18.9. The van der Waals surface area contributed by atoms with Gasteiger partial charge in [-0.05, 0) is 48.0 Å². The monoisotopic (exact) mass is 451 g/mol. The van der Waals surface area contributed by atoms with Crippen molar-refractivity contribution >= 4 is 44.4 Å². The minimum atomic E-state index is -0.315. The van der Waals surface area contributed by atoms with E-state index in [2.05, 4.69) is 35.9 Å². The lowest BCUT2D eigenvalue weighted by atomic mass is 10.1. The molecule has 2 aromatic heterocycles. The Hall–Kier alpha value is -2.77. The Morgan fingerprint density at radius 2 is 1.94 bits per heavy atom. The molecule has 0 fully saturated rings. The zero-order valence-electron chi connectivity index (χ0n) is 17.3. The van der Waals surface area contributed by atoms with Gasteiger partial charge in [-0.15, -0.1) is 11.8 Å². The van der Waals surface area contributed by atoms with Crippen LogP contribution in [0.15, 0.2) is 71.8 Å². The summed E-state index contributed by atoms with van der Waals surface area (Å²) in [6, 6.07) is 18.2. The van der Waals surface area contributed by atoms with Gasteiger partial charge in [-0.25, -0.2) is 9.37 Å². The van der Waals surface area contributed by atoms with Crippen molar-refractivity contribution in [3.63, 3.8) is 0 Å². The fraction of sp³-hybridized carbons (Fsp3) is 0.208. The number of benzene rings is 2. The van der Waals surface area contributed by atoms with Crippen molar-refractivity contribution < 1.29 is 9.18 Å². The first-order valence-corrected chi connectivity index (χ1v) is 11.7. The number of rotatable bonds is 7. The molecule has 4 nitrogen and oxygen atoms in total. The lowest BCUT2D eigenvalue weighted by Gasteiger charge is -2.19. The molecular formula is C24H22FN3OS2.